The molecule has 0 bridgehead atoms. The van der Waals surface area contributed by atoms with Crippen LogP contribution < -0.4 is 0 Å². The van der Waals surface area contributed by atoms with E-state index in [1.807, 2.05) is 6.07 Å². The van der Waals surface area contributed by atoms with Crippen LogP contribution in [0.3, 0.4) is 0 Å². The zero-order valence-corrected chi connectivity index (χ0v) is 11.6. The van der Waals surface area contributed by atoms with Gasteiger partial charge in [-0.2, -0.15) is 0 Å². The molecule has 0 aliphatic heterocycles. The molecule has 0 saturated heterocycles. The standard InChI is InChI=1S/C15H14ClN3/c1-10-3-4-12(7-11(10)2)19-14-5-6-17-9-13(14)18-15(19)8-16/h3-7,9H,8H2,1-2H3. The Morgan fingerprint density at radius 3 is 2.74 bits per heavy atom. The van der Waals surface area contributed by atoms with Gasteiger partial charge < -0.3 is 0 Å². The summed E-state index contributed by atoms with van der Waals surface area (Å²) in [5, 5.41) is 0. The molecule has 2 aromatic heterocycles. The molecule has 0 atom stereocenters. The average molecular weight is 272 g/mol. The Kier molecular flexibility index (Phi) is 2.99. The van der Waals surface area contributed by atoms with Crippen LogP contribution >= 0.6 is 11.6 Å². The third-order valence-corrected chi connectivity index (χ3v) is 3.63. The predicted octanol–water partition coefficient (Wildman–Crippen LogP) is 3.78. The summed E-state index contributed by atoms with van der Waals surface area (Å²) in [4.78, 5) is 8.64. The zero-order chi connectivity index (χ0) is 13.4. The molecule has 0 unspecified atom stereocenters. The highest BCUT2D eigenvalue weighted by molar-refractivity contribution is 6.17. The highest BCUT2D eigenvalue weighted by atomic mass is 35.5. The van der Waals surface area contributed by atoms with Gasteiger partial charge in [0.25, 0.3) is 0 Å². The second-order valence-corrected chi connectivity index (χ2v) is 4.90. The Bertz CT molecular complexity index is 746. The number of alkyl halides is 1. The van der Waals surface area contributed by atoms with Gasteiger partial charge >= 0.3 is 0 Å². The summed E-state index contributed by atoms with van der Waals surface area (Å²) < 4.78 is 2.09. The number of nitrogens with zero attached hydrogens (tertiary/aromatic N) is 3. The first-order valence-electron chi connectivity index (χ1n) is 6.15. The normalized spacial score (nSPS) is 11.1. The summed E-state index contributed by atoms with van der Waals surface area (Å²) in [6.45, 7) is 4.22. The van der Waals surface area contributed by atoms with E-state index in [0.29, 0.717) is 5.88 Å². The topological polar surface area (TPSA) is 30.7 Å². The summed E-state index contributed by atoms with van der Waals surface area (Å²) in [5.41, 5.74) is 5.54. The van der Waals surface area contributed by atoms with Gasteiger partial charge in [-0.3, -0.25) is 9.55 Å². The summed E-state index contributed by atoms with van der Waals surface area (Å²) in [6.07, 6.45) is 3.54. The quantitative estimate of drug-likeness (QED) is 0.664. The van der Waals surface area contributed by atoms with E-state index < -0.39 is 0 Å². The molecule has 0 N–H and O–H groups in total. The highest BCUT2D eigenvalue weighted by Gasteiger charge is 2.11. The number of hydrogen-bond acceptors (Lipinski definition) is 2. The SMILES string of the molecule is Cc1ccc(-n2c(CCl)nc3cnccc32)cc1C. The van der Waals surface area contributed by atoms with Crippen molar-refractivity contribution in [3.63, 3.8) is 0 Å². The fourth-order valence-electron chi connectivity index (χ4n) is 2.22. The second kappa shape index (κ2) is 4.67. The van der Waals surface area contributed by atoms with Crippen LogP contribution in [0.25, 0.3) is 16.7 Å². The zero-order valence-electron chi connectivity index (χ0n) is 10.9. The summed E-state index contributed by atoms with van der Waals surface area (Å²) in [5.74, 6) is 1.22. The Morgan fingerprint density at radius 1 is 1.16 bits per heavy atom. The number of aromatic nitrogens is 3. The van der Waals surface area contributed by atoms with Crippen molar-refractivity contribution in [1.82, 2.24) is 14.5 Å². The molecule has 2 heterocycles. The number of hydrogen-bond donors (Lipinski definition) is 0. The predicted molar refractivity (Wildman–Crippen MR) is 77.9 cm³/mol. The average Bonchev–Trinajstić information content (AvgIpc) is 2.80. The smallest absolute Gasteiger partial charge is 0.129 e. The molecule has 3 aromatic rings. The Balaban J connectivity index is 2.31. The number of benzene rings is 1. The van der Waals surface area contributed by atoms with Crippen LogP contribution in [0.1, 0.15) is 17.0 Å². The van der Waals surface area contributed by atoms with E-state index in [2.05, 4.69) is 46.6 Å². The number of halogens is 1. The van der Waals surface area contributed by atoms with Gasteiger partial charge in [-0.25, -0.2) is 4.98 Å². The van der Waals surface area contributed by atoms with Crippen LogP contribution in [0, 0.1) is 13.8 Å². The molecule has 4 heteroatoms. The van der Waals surface area contributed by atoms with Gasteiger partial charge in [-0.15, -0.1) is 11.6 Å². The van der Waals surface area contributed by atoms with Crippen molar-refractivity contribution >= 4 is 22.6 Å². The highest BCUT2D eigenvalue weighted by Crippen LogP contribution is 2.23. The Hall–Kier alpha value is -1.87. The first-order valence-corrected chi connectivity index (χ1v) is 6.69. The van der Waals surface area contributed by atoms with Gasteiger partial charge in [0.1, 0.15) is 11.3 Å². The molecule has 3 rings (SSSR count). The molecule has 96 valence electrons. The lowest BCUT2D eigenvalue weighted by molar-refractivity contribution is 0.978. The van der Waals surface area contributed by atoms with E-state index >= 15 is 0 Å². The van der Waals surface area contributed by atoms with Crippen molar-refractivity contribution in [3.05, 3.63) is 53.6 Å². The van der Waals surface area contributed by atoms with Crippen molar-refractivity contribution in [2.45, 2.75) is 19.7 Å². The molecule has 0 aliphatic rings. The summed E-state index contributed by atoms with van der Waals surface area (Å²) >= 11 is 6.02. The maximum Gasteiger partial charge on any atom is 0.129 e. The van der Waals surface area contributed by atoms with E-state index in [-0.39, 0.29) is 0 Å². The number of pyridine rings is 1. The van der Waals surface area contributed by atoms with E-state index in [0.717, 1.165) is 22.5 Å². The molecule has 0 radical (unpaired) electrons. The lowest BCUT2D eigenvalue weighted by Gasteiger charge is -2.10. The molecule has 1 aromatic carbocycles. The number of aryl methyl sites for hydroxylation is 2. The van der Waals surface area contributed by atoms with Crippen LogP contribution in [0.4, 0.5) is 0 Å². The van der Waals surface area contributed by atoms with Gasteiger partial charge in [0.15, 0.2) is 0 Å². The molecular formula is C15H14ClN3. The minimum absolute atomic E-state index is 0.377. The minimum Gasteiger partial charge on any atom is -0.295 e. The fourth-order valence-corrected chi connectivity index (χ4v) is 2.40. The molecular weight excluding hydrogens is 258 g/mol. The van der Waals surface area contributed by atoms with E-state index in [1.54, 1.807) is 12.4 Å². The number of rotatable bonds is 2. The number of imidazole rings is 1. The van der Waals surface area contributed by atoms with E-state index in [1.165, 1.54) is 11.1 Å². The number of fused-ring (bicyclic) bond motifs is 1. The minimum atomic E-state index is 0.377. The molecule has 0 saturated carbocycles. The molecule has 0 fully saturated rings. The van der Waals surface area contributed by atoms with Crippen molar-refractivity contribution in [2.75, 3.05) is 0 Å². The third kappa shape index (κ3) is 2.00. The third-order valence-electron chi connectivity index (χ3n) is 3.39. The maximum absolute atomic E-state index is 6.02. The van der Waals surface area contributed by atoms with Gasteiger partial charge in [0.05, 0.1) is 17.6 Å². The van der Waals surface area contributed by atoms with E-state index in [9.17, 15) is 0 Å². The lowest BCUT2D eigenvalue weighted by Crippen LogP contribution is -2.00. The first kappa shape index (κ1) is 12.2. The van der Waals surface area contributed by atoms with Crippen LogP contribution in [0.5, 0.6) is 0 Å². The molecule has 0 spiro atoms. The van der Waals surface area contributed by atoms with Gasteiger partial charge in [-0.05, 0) is 43.2 Å². The van der Waals surface area contributed by atoms with Crippen molar-refractivity contribution in [3.8, 4) is 5.69 Å². The first-order chi connectivity index (χ1) is 9.20. The van der Waals surface area contributed by atoms with E-state index in [4.69, 9.17) is 11.6 Å². The summed E-state index contributed by atoms with van der Waals surface area (Å²) in [7, 11) is 0. The largest absolute Gasteiger partial charge is 0.295 e. The molecule has 0 amide bonds. The monoisotopic (exact) mass is 271 g/mol. The van der Waals surface area contributed by atoms with Crippen molar-refractivity contribution < 1.29 is 0 Å². The molecule has 19 heavy (non-hydrogen) atoms. The second-order valence-electron chi connectivity index (χ2n) is 4.63. The maximum atomic E-state index is 6.02. The Labute approximate surface area is 116 Å². The molecule has 0 aliphatic carbocycles. The molecule has 3 nitrogen and oxygen atoms in total. The Morgan fingerprint density at radius 2 is 2.00 bits per heavy atom. The lowest BCUT2D eigenvalue weighted by atomic mass is 10.1. The van der Waals surface area contributed by atoms with Crippen molar-refractivity contribution in [1.29, 1.82) is 0 Å². The van der Waals surface area contributed by atoms with Crippen LogP contribution in [0.2, 0.25) is 0 Å². The van der Waals surface area contributed by atoms with Gasteiger partial charge in [0.2, 0.25) is 0 Å². The van der Waals surface area contributed by atoms with Crippen LogP contribution in [-0.2, 0) is 5.88 Å². The van der Waals surface area contributed by atoms with Gasteiger partial charge in [-0.1, -0.05) is 6.07 Å². The summed E-state index contributed by atoms with van der Waals surface area (Å²) in [6, 6.07) is 8.34. The van der Waals surface area contributed by atoms with Crippen molar-refractivity contribution in [2.24, 2.45) is 0 Å². The van der Waals surface area contributed by atoms with Crippen LogP contribution in [0.15, 0.2) is 36.7 Å². The van der Waals surface area contributed by atoms with Crippen LogP contribution in [-0.4, -0.2) is 14.5 Å². The fraction of sp³-hybridized carbons (Fsp3) is 0.200. The van der Waals surface area contributed by atoms with Gasteiger partial charge in [0, 0.05) is 11.9 Å².